The highest BCUT2D eigenvalue weighted by atomic mass is 16.6. The van der Waals surface area contributed by atoms with Gasteiger partial charge in [-0.25, -0.2) is 0 Å². The van der Waals surface area contributed by atoms with Crippen molar-refractivity contribution in [2.75, 3.05) is 79.0 Å². The van der Waals surface area contributed by atoms with Crippen LogP contribution in [0.1, 0.15) is 51.9 Å². The Kier molecular flexibility index (Phi) is 17.7. The molecule has 0 aliphatic carbocycles. The third-order valence-corrected chi connectivity index (χ3v) is 4.69. The van der Waals surface area contributed by atoms with Crippen molar-refractivity contribution in [3.05, 3.63) is 0 Å². The number of carbonyl (C=O) groups is 1. The largest absolute Gasteiger partial charge is 0.379 e. The van der Waals surface area contributed by atoms with E-state index in [0.717, 1.165) is 39.0 Å². The van der Waals surface area contributed by atoms with Crippen LogP contribution in [0.5, 0.6) is 0 Å². The number of piperidine rings is 1. The summed E-state index contributed by atoms with van der Waals surface area (Å²) in [5.74, 6) is 0.0589. The smallest absolute Gasteiger partial charge is 0.222 e. The van der Waals surface area contributed by atoms with Gasteiger partial charge in [0, 0.05) is 19.5 Å². The van der Waals surface area contributed by atoms with E-state index in [9.17, 15) is 4.79 Å². The fraction of sp³-hybridized carbons (Fsp3) is 0.952. The molecule has 7 nitrogen and oxygen atoms in total. The average molecular weight is 403 g/mol. The van der Waals surface area contributed by atoms with Crippen molar-refractivity contribution in [3.8, 4) is 0 Å². The average Bonchev–Trinajstić information content (AvgIpc) is 2.72. The molecule has 1 aliphatic rings. The number of nitrogens with zero attached hydrogens (tertiary/aromatic N) is 1. The highest BCUT2D eigenvalue weighted by Crippen LogP contribution is 2.07. The molecular weight excluding hydrogens is 360 g/mol. The first-order valence-corrected chi connectivity index (χ1v) is 11.1. The van der Waals surface area contributed by atoms with Crippen LogP contribution in [0.25, 0.3) is 0 Å². The van der Waals surface area contributed by atoms with Gasteiger partial charge in [-0.15, -0.1) is 0 Å². The summed E-state index contributed by atoms with van der Waals surface area (Å²) >= 11 is 0. The van der Waals surface area contributed by atoms with Gasteiger partial charge in [-0.2, -0.15) is 0 Å². The van der Waals surface area contributed by atoms with E-state index >= 15 is 0 Å². The van der Waals surface area contributed by atoms with Crippen LogP contribution in [-0.4, -0.2) is 89.8 Å². The number of hydrogen-bond acceptors (Lipinski definition) is 6. The summed E-state index contributed by atoms with van der Waals surface area (Å²) in [6, 6.07) is 0. The second-order valence-electron chi connectivity index (χ2n) is 7.16. The molecule has 0 radical (unpaired) electrons. The van der Waals surface area contributed by atoms with Gasteiger partial charge in [0.05, 0.1) is 52.9 Å². The number of nitrogens with one attached hydrogen (secondary N) is 1. The highest BCUT2D eigenvalue weighted by Gasteiger charge is 2.08. The third kappa shape index (κ3) is 16.2. The summed E-state index contributed by atoms with van der Waals surface area (Å²) in [7, 11) is 0. The van der Waals surface area contributed by atoms with Gasteiger partial charge in [0.1, 0.15) is 0 Å². The lowest BCUT2D eigenvalue weighted by molar-refractivity contribution is -0.122. The Morgan fingerprint density at radius 1 is 0.786 bits per heavy atom. The van der Waals surface area contributed by atoms with Crippen LogP contribution >= 0.6 is 0 Å². The number of likely N-dealkylation sites (tertiary alicyclic amines) is 1. The second kappa shape index (κ2) is 19.6. The summed E-state index contributed by atoms with van der Waals surface area (Å²) in [4.78, 5) is 14.0. The van der Waals surface area contributed by atoms with E-state index in [1.165, 1.54) is 32.4 Å². The molecule has 0 aromatic rings. The fourth-order valence-electron chi connectivity index (χ4n) is 2.99. The van der Waals surface area contributed by atoms with E-state index in [4.69, 9.17) is 18.9 Å². The van der Waals surface area contributed by atoms with Crippen LogP contribution in [0.3, 0.4) is 0 Å². The molecule has 1 saturated heterocycles. The summed E-state index contributed by atoms with van der Waals surface area (Å²) < 4.78 is 21.9. The molecule has 1 amide bonds. The summed E-state index contributed by atoms with van der Waals surface area (Å²) in [5.41, 5.74) is 0. The molecule has 1 aliphatic heterocycles. The number of hydrogen-bond donors (Lipinski definition) is 1. The maximum Gasteiger partial charge on any atom is 0.222 e. The molecule has 0 aromatic heterocycles. The molecular formula is C21H42N2O5. The van der Waals surface area contributed by atoms with Crippen LogP contribution in [0.2, 0.25) is 0 Å². The summed E-state index contributed by atoms with van der Waals surface area (Å²) in [6.07, 6.45) is 7.79. The van der Waals surface area contributed by atoms with Gasteiger partial charge in [-0.05, 0) is 32.4 Å². The molecule has 1 N–H and O–H groups in total. The number of unbranched alkanes of at least 4 members (excludes halogenated alkanes) is 2. The van der Waals surface area contributed by atoms with Crippen LogP contribution in [0.4, 0.5) is 0 Å². The molecule has 0 spiro atoms. The van der Waals surface area contributed by atoms with Crippen molar-refractivity contribution in [2.45, 2.75) is 51.9 Å². The highest BCUT2D eigenvalue weighted by molar-refractivity contribution is 5.75. The lowest BCUT2D eigenvalue weighted by Gasteiger charge is -2.26. The maximum atomic E-state index is 11.5. The molecule has 0 unspecified atom stereocenters. The zero-order valence-electron chi connectivity index (χ0n) is 17.9. The lowest BCUT2D eigenvalue weighted by Crippen LogP contribution is -2.32. The van der Waals surface area contributed by atoms with Gasteiger partial charge in [0.2, 0.25) is 5.91 Å². The van der Waals surface area contributed by atoms with E-state index in [-0.39, 0.29) is 5.91 Å². The van der Waals surface area contributed by atoms with E-state index in [1.54, 1.807) is 0 Å². The van der Waals surface area contributed by atoms with Gasteiger partial charge in [-0.3, -0.25) is 4.79 Å². The van der Waals surface area contributed by atoms with Gasteiger partial charge in [-0.1, -0.05) is 26.2 Å². The molecule has 1 heterocycles. The first kappa shape index (κ1) is 25.3. The van der Waals surface area contributed by atoms with Gasteiger partial charge in [0.15, 0.2) is 0 Å². The van der Waals surface area contributed by atoms with Crippen molar-refractivity contribution >= 4 is 5.91 Å². The number of carbonyl (C=O) groups excluding carboxylic acids is 1. The number of rotatable bonds is 19. The molecule has 166 valence electrons. The third-order valence-electron chi connectivity index (χ3n) is 4.69. The molecule has 7 heteroatoms. The predicted molar refractivity (Wildman–Crippen MR) is 111 cm³/mol. The predicted octanol–water partition coefficient (Wildman–Crippen LogP) is 2.24. The van der Waals surface area contributed by atoms with Crippen LogP contribution in [0.15, 0.2) is 0 Å². The first-order chi connectivity index (χ1) is 13.8. The summed E-state index contributed by atoms with van der Waals surface area (Å²) in [5, 5.41) is 2.90. The van der Waals surface area contributed by atoms with Crippen molar-refractivity contribution < 1.29 is 23.7 Å². The minimum absolute atomic E-state index is 0.0589. The summed E-state index contributed by atoms with van der Waals surface area (Å²) in [6.45, 7) is 11.0. The Balaban J connectivity index is 1.70. The molecule has 0 atom stereocenters. The Bertz CT molecular complexity index is 352. The molecule has 0 bridgehead atoms. The Morgan fingerprint density at radius 3 is 1.96 bits per heavy atom. The number of amides is 1. The van der Waals surface area contributed by atoms with Crippen LogP contribution in [-0.2, 0) is 23.7 Å². The van der Waals surface area contributed by atoms with Crippen molar-refractivity contribution in [3.63, 3.8) is 0 Å². The van der Waals surface area contributed by atoms with Crippen molar-refractivity contribution in [1.29, 1.82) is 0 Å². The number of ether oxygens (including phenoxy) is 4. The second-order valence-corrected chi connectivity index (χ2v) is 7.16. The minimum atomic E-state index is 0.0589. The Labute approximate surface area is 171 Å². The quantitative estimate of drug-likeness (QED) is 0.334. The Hall–Kier alpha value is -0.730. The standard InChI is InChI=1S/C21H42N2O5/c1-2-3-5-9-22-21(24)8-13-25-15-17-27-19-20-28-18-16-26-14-12-23-10-6-4-7-11-23/h2-20H2,1H3,(H,22,24). The molecule has 0 saturated carbocycles. The van der Waals surface area contributed by atoms with Gasteiger partial charge in [0.25, 0.3) is 0 Å². The first-order valence-electron chi connectivity index (χ1n) is 11.1. The van der Waals surface area contributed by atoms with Crippen LogP contribution in [0, 0.1) is 0 Å². The lowest BCUT2D eigenvalue weighted by atomic mass is 10.1. The molecule has 1 rings (SSSR count). The van der Waals surface area contributed by atoms with Crippen molar-refractivity contribution in [1.82, 2.24) is 10.2 Å². The van der Waals surface area contributed by atoms with Crippen molar-refractivity contribution in [2.24, 2.45) is 0 Å². The minimum Gasteiger partial charge on any atom is -0.379 e. The van der Waals surface area contributed by atoms with E-state index in [2.05, 4.69) is 17.1 Å². The maximum absolute atomic E-state index is 11.5. The van der Waals surface area contributed by atoms with E-state index < -0.39 is 0 Å². The molecule has 0 aromatic carbocycles. The zero-order chi connectivity index (χ0) is 20.1. The van der Waals surface area contributed by atoms with Gasteiger partial charge < -0.3 is 29.2 Å². The normalized spacial score (nSPS) is 15.0. The topological polar surface area (TPSA) is 69.3 Å². The monoisotopic (exact) mass is 402 g/mol. The SMILES string of the molecule is CCCCCNC(=O)CCOCCOCCOCCOCCN1CCCCC1. The fourth-order valence-corrected chi connectivity index (χ4v) is 2.99. The van der Waals surface area contributed by atoms with Gasteiger partial charge >= 0.3 is 0 Å². The molecule has 28 heavy (non-hydrogen) atoms. The van der Waals surface area contributed by atoms with Crippen LogP contribution < -0.4 is 5.32 Å². The van der Waals surface area contributed by atoms with E-state index in [0.29, 0.717) is 52.7 Å². The molecule has 1 fully saturated rings. The Morgan fingerprint density at radius 2 is 1.36 bits per heavy atom. The zero-order valence-corrected chi connectivity index (χ0v) is 17.9. The van der Waals surface area contributed by atoms with E-state index in [1.807, 2.05) is 0 Å².